The van der Waals surface area contributed by atoms with Crippen LogP contribution < -0.4 is 10.3 Å². The zero-order valence-electron chi connectivity index (χ0n) is 13.6. The molecule has 0 aliphatic carbocycles. The van der Waals surface area contributed by atoms with Crippen molar-refractivity contribution in [3.8, 4) is 5.75 Å². The van der Waals surface area contributed by atoms with Crippen LogP contribution in [0.15, 0.2) is 59.4 Å². The Labute approximate surface area is 139 Å². The van der Waals surface area contributed by atoms with E-state index in [1.54, 1.807) is 38.3 Å². The van der Waals surface area contributed by atoms with Crippen molar-refractivity contribution in [2.45, 2.75) is 13.5 Å². The number of hydrogen-bond acceptors (Lipinski definition) is 3. The Morgan fingerprint density at radius 2 is 1.75 bits per heavy atom. The maximum absolute atomic E-state index is 12.6. The van der Waals surface area contributed by atoms with E-state index in [-0.39, 0.29) is 16.9 Å². The molecule has 0 spiro atoms. The lowest BCUT2D eigenvalue weighted by atomic mass is 10.0. The molecular formula is C19H18N2O3. The molecule has 0 radical (unpaired) electrons. The van der Waals surface area contributed by atoms with Gasteiger partial charge in [0.05, 0.1) is 13.7 Å². The Bertz CT molecular complexity index is 906. The van der Waals surface area contributed by atoms with Crippen molar-refractivity contribution in [3.63, 3.8) is 0 Å². The predicted octanol–water partition coefficient (Wildman–Crippen LogP) is 2.77. The second-order valence-corrected chi connectivity index (χ2v) is 5.55. The first-order chi connectivity index (χ1) is 11.6. The zero-order valence-corrected chi connectivity index (χ0v) is 13.6. The van der Waals surface area contributed by atoms with Crippen LogP contribution >= 0.6 is 0 Å². The molecule has 0 unspecified atom stereocenters. The van der Waals surface area contributed by atoms with Crippen molar-refractivity contribution >= 4 is 5.78 Å². The monoisotopic (exact) mass is 322 g/mol. The molecule has 0 atom stereocenters. The van der Waals surface area contributed by atoms with Crippen LogP contribution in [0.2, 0.25) is 0 Å². The van der Waals surface area contributed by atoms with E-state index < -0.39 is 0 Å². The lowest BCUT2D eigenvalue weighted by Gasteiger charge is -2.04. The first-order valence-electron chi connectivity index (χ1n) is 7.62. The number of benzene rings is 2. The molecule has 0 aliphatic rings. The highest BCUT2D eigenvalue weighted by Gasteiger charge is 2.20. The van der Waals surface area contributed by atoms with E-state index in [1.165, 1.54) is 4.68 Å². The number of carbonyl (C=O) groups excluding carboxylic acids is 1. The van der Waals surface area contributed by atoms with Crippen LogP contribution in [-0.4, -0.2) is 22.7 Å². The van der Waals surface area contributed by atoms with Gasteiger partial charge in [-0.05, 0) is 24.6 Å². The topological polar surface area (TPSA) is 64.1 Å². The van der Waals surface area contributed by atoms with Crippen LogP contribution in [-0.2, 0) is 6.54 Å². The van der Waals surface area contributed by atoms with E-state index in [9.17, 15) is 9.59 Å². The number of ether oxygens (including phenoxy) is 1. The molecular weight excluding hydrogens is 304 g/mol. The largest absolute Gasteiger partial charge is 0.497 e. The van der Waals surface area contributed by atoms with Gasteiger partial charge in [-0.15, -0.1) is 0 Å². The Morgan fingerprint density at radius 1 is 1.08 bits per heavy atom. The summed E-state index contributed by atoms with van der Waals surface area (Å²) in [6, 6.07) is 16.3. The van der Waals surface area contributed by atoms with E-state index in [4.69, 9.17) is 4.74 Å². The Balaban J connectivity index is 1.91. The third-order valence-corrected chi connectivity index (χ3v) is 3.90. The van der Waals surface area contributed by atoms with Crippen molar-refractivity contribution < 1.29 is 9.53 Å². The van der Waals surface area contributed by atoms with Gasteiger partial charge in [-0.3, -0.25) is 14.7 Å². The first kappa shape index (κ1) is 15.8. The number of hydrogen-bond donors (Lipinski definition) is 1. The fraction of sp³-hybridized carbons (Fsp3) is 0.158. The summed E-state index contributed by atoms with van der Waals surface area (Å²) in [5, 5.41) is 2.99. The summed E-state index contributed by atoms with van der Waals surface area (Å²) < 4.78 is 6.58. The van der Waals surface area contributed by atoms with Gasteiger partial charge in [0.2, 0.25) is 0 Å². The van der Waals surface area contributed by atoms with Gasteiger partial charge in [-0.1, -0.05) is 42.5 Å². The number of ketones is 1. The molecule has 0 saturated carbocycles. The molecule has 2 aromatic carbocycles. The summed E-state index contributed by atoms with van der Waals surface area (Å²) in [4.78, 5) is 25.2. The summed E-state index contributed by atoms with van der Waals surface area (Å²) in [6.07, 6.45) is 0. The van der Waals surface area contributed by atoms with Crippen LogP contribution in [0.1, 0.15) is 27.2 Å². The molecule has 0 amide bonds. The fourth-order valence-corrected chi connectivity index (χ4v) is 2.63. The van der Waals surface area contributed by atoms with Crippen molar-refractivity contribution in [3.05, 3.63) is 87.3 Å². The molecule has 0 aliphatic heterocycles. The smallest absolute Gasteiger partial charge is 0.278 e. The van der Waals surface area contributed by atoms with Gasteiger partial charge in [0, 0.05) is 11.3 Å². The standard InChI is InChI=1S/C19H18N2O3/c1-13-17(18(22)15-6-4-3-5-7-15)19(23)21(20-13)12-14-8-10-16(24-2)11-9-14/h3-11,20H,12H2,1-2H3. The highest BCUT2D eigenvalue weighted by atomic mass is 16.5. The Hall–Kier alpha value is -3.08. The van der Waals surface area contributed by atoms with Gasteiger partial charge in [0.15, 0.2) is 5.78 Å². The van der Waals surface area contributed by atoms with Gasteiger partial charge in [-0.2, -0.15) is 0 Å². The molecule has 5 heteroatoms. The molecule has 1 N–H and O–H groups in total. The van der Waals surface area contributed by atoms with E-state index >= 15 is 0 Å². The van der Waals surface area contributed by atoms with Crippen molar-refractivity contribution in [1.82, 2.24) is 9.78 Å². The third kappa shape index (κ3) is 3.01. The van der Waals surface area contributed by atoms with Crippen LogP contribution in [0.3, 0.4) is 0 Å². The molecule has 24 heavy (non-hydrogen) atoms. The summed E-state index contributed by atoms with van der Waals surface area (Å²) in [5.41, 5.74) is 1.90. The predicted molar refractivity (Wildman–Crippen MR) is 91.8 cm³/mol. The number of aryl methyl sites for hydroxylation is 1. The SMILES string of the molecule is COc1ccc(Cn2[nH]c(C)c(C(=O)c3ccccc3)c2=O)cc1. The average Bonchev–Trinajstić information content (AvgIpc) is 2.89. The molecule has 0 saturated heterocycles. The van der Waals surface area contributed by atoms with E-state index in [0.29, 0.717) is 17.8 Å². The van der Waals surface area contributed by atoms with Crippen LogP contribution in [0.25, 0.3) is 0 Å². The Kier molecular flexibility index (Phi) is 4.33. The highest BCUT2D eigenvalue weighted by Crippen LogP contribution is 2.13. The molecule has 3 aromatic rings. The maximum Gasteiger partial charge on any atom is 0.278 e. The maximum atomic E-state index is 12.6. The summed E-state index contributed by atoms with van der Waals surface area (Å²) in [5.74, 6) is 0.497. The average molecular weight is 322 g/mol. The number of rotatable bonds is 5. The van der Waals surface area contributed by atoms with Gasteiger partial charge in [-0.25, -0.2) is 4.68 Å². The van der Waals surface area contributed by atoms with E-state index in [0.717, 1.165) is 11.3 Å². The van der Waals surface area contributed by atoms with Crippen LogP contribution in [0, 0.1) is 6.92 Å². The molecule has 5 nitrogen and oxygen atoms in total. The number of aromatic nitrogens is 2. The van der Waals surface area contributed by atoms with Gasteiger partial charge >= 0.3 is 0 Å². The highest BCUT2D eigenvalue weighted by molar-refractivity contribution is 6.09. The summed E-state index contributed by atoms with van der Waals surface area (Å²) >= 11 is 0. The minimum atomic E-state index is -0.308. The van der Waals surface area contributed by atoms with Gasteiger partial charge in [0.1, 0.15) is 11.3 Å². The third-order valence-electron chi connectivity index (χ3n) is 3.90. The first-order valence-corrected chi connectivity index (χ1v) is 7.62. The minimum Gasteiger partial charge on any atom is -0.497 e. The fourth-order valence-electron chi connectivity index (χ4n) is 2.63. The number of nitrogens with zero attached hydrogens (tertiary/aromatic N) is 1. The van der Waals surface area contributed by atoms with Crippen molar-refractivity contribution in [1.29, 1.82) is 0 Å². The molecule has 1 aromatic heterocycles. The van der Waals surface area contributed by atoms with Crippen LogP contribution in [0.5, 0.6) is 5.75 Å². The molecule has 1 heterocycles. The lowest BCUT2D eigenvalue weighted by Crippen LogP contribution is -2.22. The van der Waals surface area contributed by atoms with Gasteiger partial charge < -0.3 is 4.74 Å². The molecule has 122 valence electrons. The lowest BCUT2D eigenvalue weighted by molar-refractivity contribution is 0.103. The number of aromatic amines is 1. The molecule has 3 rings (SSSR count). The van der Waals surface area contributed by atoms with Crippen molar-refractivity contribution in [2.24, 2.45) is 0 Å². The van der Waals surface area contributed by atoms with Crippen molar-refractivity contribution in [2.75, 3.05) is 7.11 Å². The molecule has 0 bridgehead atoms. The van der Waals surface area contributed by atoms with E-state index in [2.05, 4.69) is 5.10 Å². The quantitative estimate of drug-likeness (QED) is 0.735. The Morgan fingerprint density at radius 3 is 2.38 bits per heavy atom. The minimum absolute atomic E-state index is 0.190. The van der Waals surface area contributed by atoms with Gasteiger partial charge in [0.25, 0.3) is 5.56 Å². The number of methoxy groups -OCH3 is 1. The summed E-state index contributed by atoms with van der Waals surface area (Å²) in [7, 11) is 1.61. The number of nitrogens with one attached hydrogen (secondary N) is 1. The second kappa shape index (κ2) is 6.58. The second-order valence-electron chi connectivity index (χ2n) is 5.55. The number of H-pyrrole nitrogens is 1. The normalized spacial score (nSPS) is 10.6. The zero-order chi connectivity index (χ0) is 17.1. The van der Waals surface area contributed by atoms with E-state index in [1.807, 2.05) is 30.3 Å². The summed E-state index contributed by atoms with van der Waals surface area (Å²) in [6.45, 7) is 2.10. The number of carbonyl (C=O) groups is 1. The van der Waals surface area contributed by atoms with Crippen LogP contribution in [0.4, 0.5) is 0 Å². The molecule has 0 fully saturated rings.